The molecule has 3 aromatic carbocycles. The van der Waals surface area contributed by atoms with Crippen LogP contribution >= 0.6 is 0 Å². The summed E-state index contributed by atoms with van der Waals surface area (Å²) in [6.07, 6.45) is 2.55. The van der Waals surface area contributed by atoms with Crippen LogP contribution in [0.3, 0.4) is 0 Å². The van der Waals surface area contributed by atoms with Crippen LogP contribution < -0.4 is 15.4 Å². The molecule has 1 aliphatic heterocycles. The van der Waals surface area contributed by atoms with Crippen LogP contribution in [0.2, 0.25) is 0 Å². The Hall–Kier alpha value is -3.98. The number of nitrogens with one attached hydrogen (secondary N) is 3. The third kappa shape index (κ3) is 5.98. The number of aryl methyl sites for hydroxylation is 1. The summed E-state index contributed by atoms with van der Waals surface area (Å²) in [5.41, 5.74) is 2.88. The van der Waals surface area contributed by atoms with Gasteiger partial charge in [-0.25, -0.2) is 8.42 Å². The molecule has 1 aliphatic rings. The van der Waals surface area contributed by atoms with Gasteiger partial charge in [0.2, 0.25) is 11.8 Å². The molecule has 1 fully saturated rings. The molecule has 0 aromatic heterocycles. The van der Waals surface area contributed by atoms with Crippen LogP contribution in [-0.4, -0.2) is 26.1 Å². The molecule has 0 aliphatic carbocycles. The maximum atomic E-state index is 13.1. The van der Waals surface area contributed by atoms with Crippen LogP contribution in [0.1, 0.15) is 53.6 Å². The summed E-state index contributed by atoms with van der Waals surface area (Å²) in [6.45, 7) is 2.09. The van der Waals surface area contributed by atoms with E-state index in [2.05, 4.69) is 22.3 Å². The summed E-state index contributed by atoms with van der Waals surface area (Å²) in [6, 6.07) is 19.8. The monoisotopic (exact) mass is 505 g/mol. The van der Waals surface area contributed by atoms with Crippen LogP contribution in [0.5, 0.6) is 0 Å². The Bertz CT molecular complexity index is 1400. The van der Waals surface area contributed by atoms with E-state index in [4.69, 9.17) is 0 Å². The number of amides is 3. The second-order valence-corrected chi connectivity index (χ2v) is 10.3. The molecule has 3 amide bonds. The van der Waals surface area contributed by atoms with Gasteiger partial charge in [0, 0.05) is 23.4 Å². The molecule has 1 atom stereocenters. The van der Waals surface area contributed by atoms with Crippen LogP contribution in [0.4, 0.5) is 11.4 Å². The van der Waals surface area contributed by atoms with E-state index in [1.54, 1.807) is 48.5 Å². The fourth-order valence-corrected chi connectivity index (χ4v) is 5.20. The first kappa shape index (κ1) is 25.1. The first-order chi connectivity index (χ1) is 17.2. The Balaban J connectivity index is 1.48. The zero-order valence-corrected chi connectivity index (χ0v) is 20.6. The molecule has 0 spiro atoms. The summed E-state index contributed by atoms with van der Waals surface area (Å²) < 4.78 is 28.6. The normalized spacial score (nSPS) is 15.8. The van der Waals surface area contributed by atoms with Crippen molar-refractivity contribution in [3.05, 3.63) is 89.5 Å². The van der Waals surface area contributed by atoms with Gasteiger partial charge in [-0.2, -0.15) is 0 Å². The van der Waals surface area contributed by atoms with E-state index in [0.29, 0.717) is 28.9 Å². The number of piperidine rings is 1. The number of carbonyl (C=O) groups excluding carboxylic acids is 3. The van der Waals surface area contributed by atoms with E-state index in [-0.39, 0.29) is 23.1 Å². The van der Waals surface area contributed by atoms with Crippen LogP contribution in [-0.2, 0) is 26.0 Å². The Morgan fingerprint density at radius 2 is 1.69 bits per heavy atom. The number of benzene rings is 3. The van der Waals surface area contributed by atoms with Crippen molar-refractivity contribution in [3.63, 3.8) is 0 Å². The first-order valence-electron chi connectivity index (χ1n) is 11.7. The third-order valence-electron chi connectivity index (χ3n) is 5.94. The fraction of sp³-hybridized carbons (Fsp3) is 0.222. The lowest BCUT2D eigenvalue weighted by atomic mass is 9.90. The number of hydrogen-bond donors (Lipinski definition) is 3. The summed E-state index contributed by atoms with van der Waals surface area (Å²) in [7, 11) is -3.97. The van der Waals surface area contributed by atoms with Crippen molar-refractivity contribution in [2.75, 3.05) is 10.0 Å². The number of hydrogen-bond acceptors (Lipinski definition) is 5. The van der Waals surface area contributed by atoms with Gasteiger partial charge in [0.25, 0.3) is 15.9 Å². The van der Waals surface area contributed by atoms with Crippen molar-refractivity contribution < 1.29 is 22.8 Å². The molecule has 1 heterocycles. The van der Waals surface area contributed by atoms with Gasteiger partial charge in [-0.05, 0) is 66.4 Å². The lowest BCUT2D eigenvalue weighted by molar-refractivity contribution is -0.134. The Labute approximate surface area is 210 Å². The van der Waals surface area contributed by atoms with Crippen molar-refractivity contribution in [3.8, 4) is 0 Å². The highest BCUT2D eigenvalue weighted by Gasteiger charge is 2.28. The standard InChI is InChI=1S/C27H27N3O5S/c1-2-5-18-10-12-19(13-11-18)26(32)28-21-7-4-9-23(17-21)36(34,35)30-22-8-3-6-20(16-22)24-14-15-25(31)29-27(24)33/h3-4,6-13,16-17,24,30H,2,5,14-15H2,1H3,(H,28,32)(H,29,31,33). The Kier molecular flexibility index (Phi) is 7.49. The molecule has 9 heteroatoms. The molecule has 0 saturated carbocycles. The van der Waals surface area contributed by atoms with Gasteiger partial charge in [-0.15, -0.1) is 0 Å². The zero-order valence-electron chi connectivity index (χ0n) is 19.8. The van der Waals surface area contributed by atoms with Crippen molar-refractivity contribution in [2.24, 2.45) is 0 Å². The predicted octanol–water partition coefficient (Wildman–Crippen LogP) is 4.21. The first-order valence-corrected chi connectivity index (χ1v) is 13.2. The van der Waals surface area contributed by atoms with Gasteiger partial charge in [0.15, 0.2) is 0 Å². The highest BCUT2D eigenvalue weighted by Crippen LogP contribution is 2.28. The Morgan fingerprint density at radius 3 is 2.42 bits per heavy atom. The van der Waals surface area contributed by atoms with Gasteiger partial charge in [0.1, 0.15) is 0 Å². The van der Waals surface area contributed by atoms with Gasteiger partial charge < -0.3 is 5.32 Å². The van der Waals surface area contributed by atoms with Crippen molar-refractivity contribution in [1.82, 2.24) is 5.32 Å². The lowest BCUT2D eigenvalue weighted by Crippen LogP contribution is -2.39. The topological polar surface area (TPSA) is 121 Å². The van der Waals surface area contributed by atoms with E-state index in [9.17, 15) is 22.8 Å². The fourth-order valence-electron chi connectivity index (χ4n) is 4.10. The maximum Gasteiger partial charge on any atom is 0.261 e. The molecule has 4 rings (SSSR count). The molecule has 3 N–H and O–H groups in total. The molecule has 0 radical (unpaired) electrons. The number of imide groups is 1. The van der Waals surface area contributed by atoms with Gasteiger partial charge in [-0.1, -0.05) is 43.7 Å². The van der Waals surface area contributed by atoms with Crippen LogP contribution in [0, 0.1) is 0 Å². The van der Waals surface area contributed by atoms with Gasteiger partial charge in [0.05, 0.1) is 10.8 Å². The molecule has 36 heavy (non-hydrogen) atoms. The van der Waals surface area contributed by atoms with E-state index in [1.807, 2.05) is 12.1 Å². The average Bonchev–Trinajstić information content (AvgIpc) is 2.85. The van der Waals surface area contributed by atoms with E-state index < -0.39 is 21.8 Å². The summed E-state index contributed by atoms with van der Waals surface area (Å²) in [5.74, 6) is -1.57. The van der Waals surface area contributed by atoms with Crippen LogP contribution in [0.15, 0.2) is 77.7 Å². The molecule has 1 saturated heterocycles. The van der Waals surface area contributed by atoms with E-state index >= 15 is 0 Å². The summed E-state index contributed by atoms with van der Waals surface area (Å²) in [4.78, 5) is 36.2. The second kappa shape index (κ2) is 10.7. The van der Waals surface area contributed by atoms with Crippen LogP contribution in [0.25, 0.3) is 0 Å². The number of anilines is 2. The summed E-state index contributed by atoms with van der Waals surface area (Å²) in [5, 5.41) is 5.06. The van der Waals surface area contributed by atoms with Crippen molar-refractivity contribution in [1.29, 1.82) is 0 Å². The molecule has 0 bridgehead atoms. The largest absolute Gasteiger partial charge is 0.322 e. The quantitative estimate of drug-likeness (QED) is 0.396. The molecule has 8 nitrogen and oxygen atoms in total. The van der Waals surface area contributed by atoms with Crippen molar-refractivity contribution in [2.45, 2.75) is 43.4 Å². The zero-order chi connectivity index (χ0) is 25.7. The SMILES string of the molecule is CCCc1ccc(C(=O)Nc2cccc(S(=O)(=O)Nc3cccc(C4CCC(=O)NC4=O)c3)c2)cc1. The third-order valence-corrected chi connectivity index (χ3v) is 7.32. The summed E-state index contributed by atoms with van der Waals surface area (Å²) >= 11 is 0. The van der Waals surface area contributed by atoms with Gasteiger partial charge in [-0.3, -0.25) is 24.4 Å². The minimum atomic E-state index is -3.97. The van der Waals surface area contributed by atoms with Gasteiger partial charge >= 0.3 is 0 Å². The molecule has 186 valence electrons. The molecule has 1 unspecified atom stereocenters. The molecular weight excluding hydrogens is 478 g/mol. The number of carbonyl (C=O) groups is 3. The highest BCUT2D eigenvalue weighted by atomic mass is 32.2. The lowest BCUT2D eigenvalue weighted by Gasteiger charge is -2.21. The smallest absolute Gasteiger partial charge is 0.261 e. The molecular formula is C27H27N3O5S. The minimum Gasteiger partial charge on any atom is -0.322 e. The highest BCUT2D eigenvalue weighted by molar-refractivity contribution is 7.92. The predicted molar refractivity (Wildman–Crippen MR) is 137 cm³/mol. The number of sulfonamides is 1. The maximum absolute atomic E-state index is 13.1. The van der Waals surface area contributed by atoms with E-state index in [0.717, 1.165) is 18.4 Å². The molecule has 3 aromatic rings. The minimum absolute atomic E-state index is 0.0231. The van der Waals surface area contributed by atoms with Crippen molar-refractivity contribution >= 4 is 39.1 Å². The second-order valence-electron chi connectivity index (χ2n) is 8.66. The number of rotatable bonds is 8. The Morgan fingerprint density at radius 1 is 0.972 bits per heavy atom. The van der Waals surface area contributed by atoms with E-state index in [1.165, 1.54) is 12.1 Å². The average molecular weight is 506 g/mol.